The van der Waals surface area contributed by atoms with Crippen molar-refractivity contribution in [3.63, 3.8) is 0 Å². The minimum absolute atomic E-state index is 0.168. The van der Waals surface area contributed by atoms with Crippen molar-refractivity contribution in [2.45, 2.75) is 44.0 Å². The van der Waals surface area contributed by atoms with Gasteiger partial charge in [0.05, 0.1) is 20.9 Å². The van der Waals surface area contributed by atoms with E-state index >= 15 is 0 Å². The molecular weight excluding hydrogens is 355 g/mol. The first-order valence-corrected chi connectivity index (χ1v) is 8.78. The molecule has 1 aromatic carbocycles. The summed E-state index contributed by atoms with van der Waals surface area (Å²) < 4.78 is 16.7. The van der Waals surface area contributed by atoms with Gasteiger partial charge in [-0.05, 0) is 60.0 Å². The summed E-state index contributed by atoms with van der Waals surface area (Å²) in [6.07, 6.45) is 5.12. The highest BCUT2D eigenvalue weighted by atomic mass is 79.9. The first-order valence-electron chi connectivity index (χ1n) is 7.55. The normalized spacial score (nSPS) is 29.4. The van der Waals surface area contributed by atoms with Gasteiger partial charge >= 0.3 is 0 Å². The van der Waals surface area contributed by atoms with Gasteiger partial charge in [0.1, 0.15) is 11.6 Å². The van der Waals surface area contributed by atoms with Crippen LogP contribution in [-0.4, -0.2) is 9.55 Å². The Morgan fingerprint density at radius 1 is 1.38 bits per heavy atom. The van der Waals surface area contributed by atoms with E-state index in [1.54, 1.807) is 12.1 Å². The zero-order valence-corrected chi connectivity index (χ0v) is 14.2. The quantitative estimate of drug-likeness (QED) is 0.628. The van der Waals surface area contributed by atoms with Gasteiger partial charge in [-0.15, -0.1) is 11.6 Å². The summed E-state index contributed by atoms with van der Waals surface area (Å²) in [7, 11) is 0. The molecule has 2 aromatic rings. The van der Waals surface area contributed by atoms with Crippen LogP contribution >= 0.6 is 27.5 Å². The maximum atomic E-state index is 14.0. The van der Waals surface area contributed by atoms with Crippen molar-refractivity contribution >= 4 is 38.6 Å². The molecule has 0 N–H and O–H groups in total. The average molecular weight is 372 g/mol. The first-order chi connectivity index (χ1) is 10.0. The fourth-order valence-corrected chi connectivity index (χ4v) is 4.75. The summed E-state index contributed by atoms with van der Waals surface area (Å²) in [5.74, 6) is 2.17. The Kier molecular flexibility index (Phi) is 3.30. The Labute approximate surface area is 136 Å². The van der Waals surface area contributed by atoms with Gasteiger partial charge < -0.3 is 4.57 Å². The van der Waals surface area contributed by atoms with E-state index in [0.717, 1.165) is 22.8 Å². The third-order valence-electron chi connectivity index (χ3n) is 5.15. The zero-order chi connectivity index (χ0) is 14.7. The van der Waals surface area contributed by atoms with E-state index < -0.39 is 0 Å². The monoisotopic (exact) mass is 370 g/mol. The number of nitrogens with zero attached hydrogens (tertiary/aromatic N) is 2. The van der Waals surface area contributed by atoms with Gasteiger partial charge in [0.25, 0.3) is 0 Å². The lowest BCUT2D eigenvalue weighted by molar-refractivity contribution is 0.329. The van der Waals surface area contributed by atoms with Crippen LogP contribution in [0, 0.1) is 17.7 Å². The van der Waals surface area contributed by atoms with E-state index in [1.807, 2.05) is 6.92 Å². The van der Waals surface area contributed by atoms with Crippen LogP contribution in [0.25, 0.3) is 11.0 Å². The van der Waals surface area contributed by atoms with Crippen molar-refractivity contribution in [1.29, 1.82) is 0 Å². The van der Waals surface area contributed by atoms with Crippen LogP contribution in [0.3, 0.4) is 0 Å². The molecule has 2 aliphatic carbocycles. The van der Waals surface area contributed by atoms with Crippen LogP contribution in [-0.2, 0) is 0 Å². The summed E-state index contributed by atoms with van der Waals surface area (Å²) in [5.41, 5.74) is 1.71. The largest absolute Gasteiger partial charge is 0.323 e. The molecule has 0 radical (unpaired) electrons. The van der Waals surface area contributed by atoms with Gasteiger partial charge in [-0.25, -0.2) is 9.37 Å². The number of alkyl halides is 1. The number of rotatable bonds is 2. The number of aromatic nitrogens is 2. The number of hydrogen-bond acceptors (Lipinski definition) is 1. The Balaban J connectivity index is 1.92. The average Bonchev–Trinajstić information content (AvgIpc) is 3.12. The second-order valence-corrected chi connectivity index (χ2v) is 7.96. The highest BCUT2D eigenvalue weighted by Gasteiger charge is 2.42. The molecule has 2 saturated carbocycles. The summed E-state index contributed by atoms with van der Waals surface area (Å²) >= 11 is 9.60. The van der Waals surface area contributed by atoms with Crippen molar-refractivity contribution in [3.8, 4) is 0 Å². The van der Waals surface area contributed by atoms with Gasteiger partial charge in [-0.1, -0.05) is 6.42 Å². The molecule has 21 heavy (non-hydrogen) atoms. The van der Waals surface area contributed by atoms with Crippen molar-refractivity contribution in [2.75, 3.05) is 0 Å². The fraction of sp³-hybridized carbons (Fsp3) is 0.562. The van der Waals surface area contributed by atoms with Crippen molar-refractivity contribution in [2.24, 2.45) is 11.8 Å². The molecule has 0 saturated heterocycles. The lowest BCUT2D eigenvalue weighted by Gasteiger charge is -2.26. The Hall–Kier alpha value is -0.610. The molecule has 5 heteroatoms. The molecule has 4 rings (SSSR count). The Bertz CT molecular complexity index is 712. The second kappa shape index (κ2) is 4.95. The van der Waals surface area contributed by atoms with Crippen LogP contribution in [0.1, 0.15) is 49.9 Å². The number of hydrogen-bond donors (Lipinski definition) is 0. The van der Waals surface area contributed by atoms with Crippen molar-refractivity contribution < 1.29 is 4.39 Å². The Morgan fingerprint density at radius 3 is 2.81 bits per heavy atom. The van der Waals surface area contributed by atoms with E-state index in [1.165, 1.54) is 25.7 Å². The standard InChI is InChI=1S/C16H17BrClFN2/c1-8(18)16-20-13-6-11(17)12(19)7-15(13)21(16)14-5-9-2-3-10(14)4-9/h6-10,14H,2-5H2,1H3. The molecule has 2 fully saturated rings. The number of halogens is 3. The molecule has 4 atom stereocenters. The van der Waals surface area contributed by atoms with E-state index in [-0.39, 0.29) is 11.2 Å². The zero-order valence-electron chi connectivity index (χ0n) is 11.8. The molecule has 0 amide bonds. The maximum absolute atomic E-state index is 14.0. The predicted molar refractivity (Wildman–Crippen MR) is 86.1 cm³/mol. The molecule has 2 aliphatic rings. The molecule has 0 spiro atoms. The van der Waals surface area contributed by atoms with Crippen LogP contribution in [0.2, 0.25) is 0 Å². The summed E-state index contributed by atoms with van der Waals surface area (Å²) in [6, 6.07) is 3.80. The van der Waals surface area contributed by atoms with Gasteiger partial charge in [0.2, 0.25) is 0 Å². The molecule has 4 unspecified atom stereocenters. The van der Waals surface area contributed by atoms with Crippen LogP contribution in [0.4, 0.5) is 4.39 Å². The van der Waals surface area contributed by atoms with Gasteiger partial charge in [-0.2, -0.15) is 0 Å². The molecule has 2 nitrogen and oxygen atoms in total. The van der Waals surface area contributed by atoms with E-state index in [9.17, 15) is 4.39 Å². The third kappa shape index (κ3) is 2.14. The molecular formula is C16H17BrClFN2. The highest BCUT2D eigenvalue weighted by molar-refractivity contribution is 9.10. The van der Waals surface area contributed by atoms with Crippen LogP contribution in [0.15, 0.2) is 16.6 Å². The highest BCUT2D eigenvalue weighted by Crippen LogP contribution is 2.52. The smallest absolute Gasteiger partial charge is 0.139 e. The van der Waals surface area contributed by atoms with E-state index in [0.29, 0.717) is 16.4 Å². The van der Waals surface area contributed by atoms with Crippen LogP contribution < -0.4 is 0 Å². The number of imidazole rings is 1. The third-order valence-corrected chi connectivity index (χ3v) is 5.95. The lowest BCUT2D eigenvalue weighted by atomic mass is 9.95. The van der Waals surface area contributed by atoms with E-state index in [2.05, 4.69) is 25.5 Å². The van der Waals surface area contributed by atoms with Gasteiger partial charge in [0, 0.05) is 12.1 Å². The molecule has 1 heterocycles. The first kappa shape index (κ1) is 14.0. The Morgan fingerprint density at radius 2 is 2.19 bits per heavy atom. The minimum atomic E-state index is -0.236. The second-order valence-electron chi connectivity index (χ2n) is 6.45. The van der Waals surface area contributed by atoms with Crippen LogP contribution in [0.5, 0.6) is 0 Å². The van der Waals surface area contributed by atoms with Gasteiger partial charge in [-0.3, -0.25) is 0 Å². The fourth-order valence-electron chi connectivity index (χ4n) is 4.27. The predicted octanol–water partition coefficient (Wildman–Crippen LogP) is 5.60. The summed E-state index contributed by atoms with van der Waals surface area (Å²) in [5, 5.41) is -0.168. The molecule has 112 valence electrons. The minimum Gasteiger partial charge on any atom is -0.323 e. The van der Waals surface area contributed by atoms with E-state index in [4.69, 9.17) is 11.6 Å². The molecule has 1 aromatic heterocycles. The van der Waals surface area contributed by atoms with Crippen molar-refractivity contribution in [1.82, 2.24) is 9.55 Å². The molecule has 0 aliphatic heterocycles. The summed E-state index contributed by atoms with van der Waals surface area (Å²) in [4.78, 5) is 4.68. The lowest BCUT2D eigenvalue weighted by Crippen LogP contribution is -2.18. The van der Waals surface area contributed by atoms with Crippen molar-refractivity contribution in [3.05, 3.63) is 28.2 Å². The molecule has 2 bridgehead atoms. The number of benzene rings is 1. The summed E-state index contributed by atoms with van der Waals surface area (Å²) in [6.45, 7) is 1.94. The SMILES string of the molecule is CC(Cl)c1nc2cc(Br)c(F)cc2n1C1CC2CCC1C2. The topological polar surface area (TPSA) is 17.8 Å². The maximum Gasteiger partial charge on any atom is 0.139 e. The van der Waals surface area contributed by atoms with Gasteiger partial charge in [0.15, 0.2) is 0 Å². The number of fused-ring (bicyclic) bond motifs is 3.